The second-order valence-corrected chi connectivity index (χ2v) is 7.81. The Bertz CT molecular complexity index is 957. The highest BCUT2D eigenvalue weighted by molar-refractivity contribution is 7.80. The number of ether oxygens (including phenoxy) is 1. The summed E-state index contributed by atoms with van der Waals surface area (Å²) in [7, 11) is 0. The predicted octanol–water partition coefficient (Wildman–Crippen LogP) is 4.39. The number of benzene rings is 2. The number of hydrogen-bond donors (Lipinski definition) is 1. The van der Waals surface area contributed by atoms with Crippen molar-refractivity contribution in [3.8, 4) is 5.75 Å². The second kappa shape index (κ2) is 5.92. The molecule has 3 atom stereocenters. The third-order valence-corrected chi connectivity index (χ3v) is 6.09. The van der Waals surface area contributed by atoms with Gasteiger partial charge < -0.3 is 10.1 Å². The van der Waals surface area contributed by atoms with Gasteiger partial charge in [0.1, 0.15) is 5.75 Å². The van der Waals surface area contributed by atoms with Crippen LogP contribution in [-0.2, 0) is 0 Å². The smallest absolute Gasteiger partial charge is 0.270 e. The number of nitrogens with zero attached hydrogens (tertiary/aromatic N) is 2. The summed E-state index contributed by atoms with van der Waals surface area (Å²) in [5.74, 6) is 0.662. The Kier molecular flexibility index (Phi) is 3.89. The second-order valence-electron chi connectivity index (χ2n) is 7.43. The van der Waals surface area contributed by atoms with Crippen LogP contribution in [0.1, 0.15) is 36.6 Å². The summed E-state index contributed by atoms with van der Waals surface area (Å²) >= 11 is 5.72. The summed E-state index contributed by atoms with van der Waals surface area (Å²) in [6, 6.07) is 10.8. The molecule has 1 N–H and O–H groups in total. The van der Waals surface area contributed by atoms with E-state index >= 15 is 0 Å². The van der Waals surface area contributed by atoms with Gasteiger partial charge in [-0.05, 0) is 50.2 Å². The number of nitro groups is 1. The molecule has 27 heavy (non-hydrogen) atoms. The number of nitrogens with one attached hydrogen (secondary N) is 1. The van der Waals surface area contributed by atoms with E-state index < -0.39 is 5.72 Å². The third-order valence-electron chi connectivity index (χ3n) is 5.79. The van der Waals surface area contributed by atoms with Crippen molar-refractivity contribution in [2.45, 2.75) is 39.5 Å². The summed E-state index contributed by atoms with van der Waals surface area (Å²) in [4.78, 5) is 12.9. The number of para-hydroxylation sites is 1. The molecule has 2 aromatic rings. The molecule has 2 aliphatic heterocycles. The van der Waals surface area contributed by atoms with Crippen molar-refractivity contribution in [1.29, 1.82) is 0 Å². The van der Waals surface area contributed by atoms with Gasteiger partial charge in [0, 0.05) is 23.6 Å². The van der Waals surface area contributed by atoms with Gasteiger partial charge in [0.15, 0.2) is 10.8 Å². The number of rotatable bonds is 2. The van der Waals surface area contributed by atoms with E-state index in [0.29, 0.717) is 10.9 Å². The van der Waals surface area contributed by atoms with Gasteiger partial charge in [0.2, 0.25) is 0 Å². The summed E-state index contributed by atoms with van der Waals surface area (Å²) < 4.78 is 6.46. The van der Waals surface area contributed by atoms with Crippen LogP contribution in [0.4, 0.5) is 11.4 Å². The maximum atomic E-state index is 11.2. The number of thiocarbonyl (C=S) groups is 1. The van der Waals surface area contributed by atoms with E-state index in [4.69, 9.17) is 17.0 Å². The lowest BCUT2D eigenvalue weighted by atomic mass is 9.80. The zero-order valence-electron chi connectivity index (χ0n) is 15.6. The van der Waals surface area contributed by atoms with Crippen molar-refractivity contribution < 1.29 is 9.66 Å². The van der Waals surface area contributed by atoms with Crippen molar-refractivity contribution in [2.75, 3.05) is 4.90 Å². The van der Waals surface area contributed by atoms with Crippen LogP contribution in [0, 0.1) is 29.9 Å². The van der Waals surface area contributed by atoms with E-state index in [0.717, 1.165) is 22.4 Å². The first kappa shape index (κ1) is 17.7. The Morgan fingerprint density at radius 3 is 2.56 bits per heavy atom. The topological polar surface area (TPSA) is 67.6 Å². The van der Waals surface area contributed by atoms with Crippen molar-refractivity contribution in [2.24, 2.45) is 5.92 Å². The van der Waals surface area contributed by atoms with Crippen LogP contribution >= 0.6 is 12.2 Å². The van der Waals surface area contributed by atoms with Gasteiger partial charge in [-0.25, -0.2) is 0 Å². The maximum absolute atomic E-state index is 11.2. The van der Waals surface area contributed by atoms with Crippen molar-refractivity contribution >= 4 is 28.7 Å². The van der Waals surface area contributed by atoms with Crippen LogP contribution in [0.15, 0.2) is 36.4 Å². The zero-order chi connectivity index (χ0) is 19.5. The van der Waals surface area contributed by atoms with Gasteiger partial charge in [-0.2, -0.15) is 0 Å². The van der Waals surface area contributed by atoms with Crippen molar-refractivity contribution in [3.05, 3.63) is 63.2 Å². The van der Waals surface area contributed by atoms with Gasteiger partial charge >= 0.3 is 0 Å². The van der Waals surface area contributed by atoms with E-state index in [2.05, 4.69) is 43.1 Å². The van der Waals surface area contributed by atoms with Gasteiger partial charge in [0.25, 0.3) is 5.69 Å². The first-order valence-corrected chi connectivity index (χ1v) is 9.29. The lowest BCUT2D eigenvalue weighted by Gasteiger charge is -2.56. The Balaban J connectivity index is 1.88. The van der Waals surface area contributed by atoms with Crippen LogP contribution in [0.25, 0.3) is 0 Å². The molecule has 0 radical (unpaired) electrons. The van der Waals surface area contributed by atoms with Crippen molar-refractivity contribution in [1.82, 2.24) is 5.32 Å². The third kappa shape index (κ3) is 2.49. The highest BCUT2D eigenvalue weighted by Crippen LogP contribution is 2.50. The maximum Gasteiger partial charge on any atom is 0.270 e. The molecule has 0 spiro atoms. The fourth-order valence-electron chi connectivity index (χ4n) is 4.21. The molecule has 2 bridgehead atoms. The molecule has 0 unspecified atom stereocenters. The molecule has 140 valence electrons. The number of aryl methyl sites for hydroxylation is 2. The minimum absolute atomic E-state index is 0.0118. The van der Waals surface area contributed by atoms with Gasteiger partial charge in [-0.15, -0.1) is 0 Å². The summed E-state index contributed by atoms with van der Waals surface area (Å²) in [5.41, 5.74) is 3.39. The molecule has 1 saturated heterocycles. The fraction of sp³-hybridized carbons (Fsp3) is 0.350. The predicted molar refractivity (Wildman–Crippen MR) is 108 cm³/mol. The first-order valence-electron chi connectivity index (χ1n) is 8.88. The summed E-state index contributed by atoms with van der Waals surface area (Å²) in [6.07, 6.45) is 0. The molecule has 0 aliphatic carbocycles. The van der Waals surface area contributed by atoms with E-state index in [1.165, 1.54) is 6.07 Å². The molecular formula is C20H21N3O3S. The van der Waals surface area contributed by atoms with E-state index in [9.17, 15) is 10.1 Å². The average Bonchev–Trinajstić information content (AvgIpc) is 2.60. The van der Waals surface area contributed by atoms with Crippen LogP contribution in [0.3, 0.4) is 0 Å². The molecule has 6 nitrogen and oxygen atoms in total. The Labute approximate surface area is 163 Å². The fourth-order valence-corrected chi connectivity index (χ4v) is 4.61. The van der Waals surface area contributed by atoms with E-state index in [1.807, 2.05) is 13.0 Å². The monoisotopic (exact) mass is 383 g/mol. The molecule has 7 heteroatoms. The van der Waals surface area contributed by atoms with E-state index in [1.54, 1.807) is 12.1 Å². The summed E-state index contributed by atoms with van der Waals surface area (Å²) in [5, 5.41) is 15.2. The van der Waals surface area contributed by atoms with Crippen molar-refractivity contribution in [3.63, 3.8) is 0 Å². The number of hydrogen-bond acceptors (Lipinski definition) is 4. The molecule has 4 rings (SSSR count). The number of non-ortho nitro benzene ring substituents is 1. The lowest BCUT2D eigenvalue weighted by molar-refractivity contribution is -0.385. The van der Waals surface area contributed by atoms with Crippen LogP contribution in [-0.4, -0.2) is 15.8 Å². The number of nitro benzene ring substituents is 1. The number of fused-ring (bicyclic) bond motifs is 4. The Hall–Kier alpha value is -2.67. The minimum atomic E-state index is -0.701. The molecule has 0 amide bonds. The first-order chi connectivity index (χ1) is 12.7. The average molecular weight is 383 g/mol. The quantitative estimate of drug-likeness (QED) is 0.471. The van der Waals surface area contributed by atoms with Crippen LogP contribution in [0.5, 0.6) is 5.75 Å². The summed E-state index contributed by atoms with van der Waals surface area (Å²) in [6.45, 7) is 8.24. The minimum Gasteiger partial charge on any atom is -0.467 e. The normalized spacial score (nSPS) is 26.1. The van der Waals surface area contributed by atoms with Gasteiger partial charge in [0.05, 0.1) is 16.7 Å². The standard InChI is InChI=1S/C20H21N3O3S/c1-11-6-5-7-12(2)18(11)22-19(27)21-17-13(3)20(22,4)26-16-9-8-14(23(24)25)10-15(16)17/h5-10,13,17H,1-4H3,(H,21,27)/t13-,17-,20+/m0/s1. The van der Waals surface area contributed by atoms with Gasteiger partial charge in [-0.3, -0.25) is 15.0 Å². The van der Waals surface area contributed by atoms with Crippen LogP contribution < -0.4 is 15.0 Å². The zero-order valence-corrected chi connectivity index (χ0v) is 16.5. The highest BCUT2D eigenvalue weighted by Gasteiger charge is 2.54. The molecule has 0 aromatic heterocycles. The molecule has 1 fully saturated rings. The SMILES string of the molecule is Cc1cccc(C)c1N1C(=S)N[C@@H]2c3cc([N+](=O)[O-])ccc3O[C@]1(C)[C@H]2C. The molecule has 0 saturated carbocycles. The molecular weight excluding hydrogens is 362 g/mol. The van der Waals surface area contributed by atoms with Crippen LogP contribution in [0.2, 0.25) is 0 Å². The Morgan fingerprint density at radius 1 is 1.26 bits per heavy atom. The molecule has 2 heterocycles. The van der Waals surface area contributed by atoms with Gasteiger partial charge in [-0.1, -0.05) is 25.1 Å². The number of anilines is 1. The molecule has 2 aromatic carbocycles. The highest BCUT2D eigenvalue weighted by atomic mass is 32.1. The molecule has 2 aliphatic rings. The Morgan fingerprint density at radius 2 is 1.93 bits per heavy atom. The van der Waals surface area contributed by atoms with E-state index in [-0.39, 0.29) is 22.6 Å². The lowest BCUT2D eigenvalue weighted by Crippen LogP contribution is -2.69. The largest absolute Gasteiger partial charge is 0.467 e.